The van der Waals surface area contributed by atoms with Gasteiger partial charge in [0, 0.05) is 62.6 Å². The van der Waals surface area contributed by atoms with E-state index in [4.69, 9.17) is 4.98 Å². The van der Waals surface area contributed by atoms with Gasteiger partial charge in [0.2, 0.25) is 0 Å². The number of hydrogen-bond acceptors (Lipinski definition) is 8. The van der Waals surface area contributed by atoms with E-state index in [1.165, 1.54) is 6.20 Å². The number of fused-ring (bicyclic) bond motifs is 3. The maximum atomic E-state index is 13.1. The summed E-state index contributed by atoms with van der Waals surface area (Å²) in [5.41, 5.74) is 5.33. The molecule has 0 aliphatic carbocycles. The maximum absolute atomic E-state index is 13.1. The SMILES string of the molecule is C=C/C(=C\N(C)C)N=c1ncc2cc(-c3cc(NC(=O)c4cc(C(C)(C)O)ccn4)ccc3C)c3n(c-2n1)CCN3. The molecule has 0 unspecified atom stereocenters. The van der Waals surface area contributed by atoms with E-state index in [9.17, 15) is 9.90 Å². The van der Waals surface area contributed by atoms with Crippen LogP contribution in [0.3, 0.4) is 0 Å². The Kier molecular flexibility index (Phi) is 7.42. The van der Waals surface area contributed by atoms with E-state index >= 15 is 0 Å². The van der Waals surface area contributed by atoms with Crippen molar-refractivity contribution < 1.29 is 9.90 Å². The third-order valence-electron chi connectivity index (χ3n) is 6.80. The summed E-state index contributed by atoms with van der Waals surface area (Å²) in [6.45, 7) is 10.7. The van der Waals surface area contributed by atoms with Crippen LogP contribution >= 0.6 is 0 Å². The van der Waals surface area contributed by atoms with Gasteiger partial charge in [-0.25, -0.2) is 9.98 Å². The molecule has 4 heterocycles. The Labute approximate surface area is 239 Å². The zero-order valence-electron chi connectivity index (χ0n) is 23.9. The molecule has 3 aliphatic heterocycles. The molecule has 210 valence electrons. The van der Waals surface area contributed by atoms with E-state index in [2.05, 4.69) is 42.8 Å². The van der Waals surface area contributed by atoms with Crippen molar-refractivity contribution in [3.8, 4) is 22.5 Å². The first kappa shape index (κ1) is 27.7. The lowest BCUT2D eigenvalue weighted by Gasteiger charge is -2.19. The topological polar surface area (TPSA) is 121 Å². The largest absolute Gasteiger partial charge is 0.386 e. The zero-order valence-corrected chi connectivity index (χ0v) is 23.9. The second-order valence-electron chi connectivity index (χ2n) is 10.7. The normalized spacial score (nSPS) is 13.6. The molecule has 0 spiro atoms. The summed E-state index contributed by atoms with van der Waals surface area (Å²) in [6.07, 6.45) is 6.85. The second-order valence-corrected chi connectivity index (χ2v) is 10.7. The number of carbonyl (C=O) groups is 1. The van der Waals surface area contributed by atoms with Crippen LogP contribution in [0.15, 0.2) is 78.3 Å². The third kappa shape index (κ3) is 5.87. The van der Waals surface area contributed by atoms with Gasteiger partial charge >= 0.3 is 0 Å². The highest BCUT2D eigenvalue weighted by Gasteiger charge is 2.24. The van der Waals surface area contributed by atoms with Crippen LogP contribution in [-0.2, 0) is 12.1 Å². The molecule has 5 rings (SSSR count). The van der Waals surface area contributed by atoms with Crippen molar-refractivity contribution in [1.82, 2.24) is 24.4 Å². The molecule has 41 heavy (non-hydrogen) atoms. The van der Waals surface area contributed by atoms with Gasteiger partial charge in [-0.15, -0.1) is 0 Å². The molecule has 2 aromatic rings. The Morgan fingerprint density at radius 3 is 2.73 bits per heavy atom. The summed E-state index contributed by atoms with van der Waals surface area (Å²) in [4.78, 5) is 33.0. The fraction of sp³-hybridized carbons (Fsp3) is 0.258. The summed E-state index contributed by atoms with van der Waals surface area (Å²) in [6, 6.07) is 11.2. The Balaban J connectivity index is 1.53. The highest BCUT2D eigenvalue weighted by Crippen LogP contribution is 2.38. The van der Waals surface area contributed by atoms with Gasteiger partial charge < -0.3 is 25.2 Å². The first-order valence-electron chi connectivity index (χ1n) is 13.3. The molecule has 0 fully saturated rings. The minimum absolute atomic E-state index is 0.231. The Bertz CT molecular complexity index is 1710. The van der Waals surface area contributed by atoms with Gasteiger partial charge in [0.15, 0.2) is 0 Å². The van der Waals surface area contributed by atoms with Crippen molar-refractivity contribution in [2.75, 3.05) is 31.3 Å². The quantitative estimate of drug-likeness (QED) is 0.296. The van der Waals surface area contributed by atoms with E-state index in [-0.39, 0.29) is 11.6 Å². The molecule has 1 amide bonds. The fourth-order valence-electron chi connectivity index (χ4n) is 4.75. The van der Waals surface area contributed by atoms with Crippen LogP contribution in [0.1, 0.15) is 35.5 Å². The molecule has 0 bridgehead atoms. The Morgan fingerprint density at radius 1 is 1.20 bits per heavy atom. The van der Waals surface area contributed by atoms with Crippen LogP contribution in [0.2, 0.25) is 0 Å². The van der Waals surface area contributed by atoms with Crippen molar-refractivity contribution in [3.63, 3.8) is 0 Å². The van der Waals surface area contributed by atoms with Gasteiger partial charge in [0.25, 0.3) is 11.5 Å². The number of aromatic nitrogens is 4. The summed E-state index contributed by atoms with van der Waals surface area (Å²) in [5.74, 6) is 1.38. The van der Waals surface area contributed by atoms with Gasteiger partial charge in [-0.3, -0.25) is 9.78 Å². The number of allylic oxidation sites excluding steroid dienone is 1. The number of rotatable bonds is 7. The van der Waals surface area contributed by atoms with E-state index in [1.807, 2.05) is 50.3 Å². The highest BCUT2D eigenvalue weighted by atomic mass is 16.3. The number of anilines is 2. The lowest BCUT2D eigenvalue weighted by molar-refractivity contribution is 0.0783. The molecule has 10 heteroatoms. The molecular weight excluding hydrogens is 516 g/mol. The number of hydrogen-bond donors (Lipinski definition) is 3. The number of nitrogens with one attached hydrogen (secondary N) is 2. The smallest absolute Gasteiger partial charge is 0.274 e. The molecular formula is C31H34N8O2. The molecule has 0 atom stereocenters. The van der Waals surface area contributed by atoms with E-state index in [0.29, 0.717) is 22.6 Å². The van der Waals surface area contributed by atoms with E-state index in [0.717, 1.165) is 47.0 Å². The number of benzene rings is 1. The van der Waals surface area contributed by atoms with Crippen molar-refractivity contribution in [1.29, 1.82) is 0 Å². The predicted octanol–water partition coefficient (Wildman–Crippen LogP) is 4.15. The molecule has 3 N–H and O–H groups in total. The van der Waals surface area contributed by atoms with E-state index in [1.54, 1.807) is 38.3 Å². The lowest BCUT2D eigenvalue weighted by Crippen LogP contribution is -2.19. The Morgan fingerprint density at radius 2 is 2.00 bits per heavy atom. The van der Waals surface area contributed by atoms with Crippen LogP contribution in [0.4, 0.5) is 11.5 Å². The van der Waals surface area contributed by atoms with Gasteiger partial charge in [-0.05, 0) is 73.9 Å². The number of carbonyl (C=O) groups excluding carboxylic acids is 1. The van der Waals surface area contributed by atoms with Crippen LogP contribution in [0.25, 0.3) is 22.5 Å². The number of nitrogens with zero attached hydrogens (tertiary/aromatic N) is 6. The van der Waals surface area contributed by atoms with Gasteiger partial charge in [0.1, 0.15) is 17.3 Å². The first-order chi connectivity index (χ1) is 19.5. The standard InChI is InChI=1S/C31H34N8O2/c1-7-22(18-38(5)6)36-30-34-17-20-14-25(28-33-12-13-39(28)27(20)37-30)24-16-23(9-8-19(24)2)35-29(40)26-15-21(10-11-32-26)31(3,4)41/h7-11,14-18,33,41H,1,12-13H2,2-6H3,(H,35,40)/b22-18+,36-30?. The molecule has 0 saturated heterocycles. The minimum Gasteiger partial charge on any atom is -0.386 e. The van der Waals surface area contributed by atoms with Crippen molar-refractivity contribution in [3.05, 3.63) is 95.8 Å². The summed E-state index contributed by atoms with van der Waals surface area (Å²) in [5, 5.41) is 16.8. The molecule has 10 nitrogen and oxygen atoms in total. The average Bonchev–Trinajstić information content (AvgIpc) is 3.43. The number of pyridine rings is 2. The van der Waals surface area contributed by atoms with Crippen LogP contribution in [0.5, 0.6) is 0 Å². The number of aryl methyl sites for hydroxylation is 1. The number of aliphatic hydroxyl groups is 1. The third-order valence-corrected chi connectivity index (χ3v) is 6.80. The van der Waals surface area contributed by atoms with Crippen LogP contribution in [-0.4, -0.2) is 56.1 Å². The molecule has 0 saturated carbocycles. The zero-order chi connectivity index (χ0) is 29.3. The minimum atomic E-state index is -1.08. The van der Waals surface area contributed by atoms with Gasteiger partial charge in [0.05, 0.1) is 11.3 Å². The molecule has 1 aromatic heterocycles. The van der Waals surface area contributed by atoms with Crippen molar-refractivity contribution in [2.45, 2.75) is 32.9 Å². The second kappa shape index (κ2) is 11.0. The summed E-state index contributed by atoms with van der Waals surface area (Å²) < 4.78 is 2.14. The number of amides is 1. The molecule has 3 aliphatic rings. The van der Waals surface area contributed by atoms with Gasteiger partial charge in [-0.1, -0.05) is 12.6 Å². The van der Waals surface area contributed by atoms with Gasteiger partial charge in [-0.2, -0.15) is 4.98 Å². The summed E-state index contributed by atoms with van der Waals surface area (Å²) in [7, 11) is 3.84. The van der Waals surface area contributed by atoms with Crippen molar-refractivity contribution in [2.24, 2.45) is 4.99 Å². The predicted molar refractivity (Wildman–Crippen MR) is 160 cm³/mol. The molecule has 1 aromatic carbocycles. The van der Waals surface area contributed by atoms with Crippen LogP contribution < -0.4 is 16.3 Å². The Hall–Kier alpha value is -4.83. The van der Waals surface area contributed by atoms with Crippen LogP contribution in [0, 0.1) is 6.92 Å². The average molecular weight is 551 g/mol. The van der Waals surface area contributed by atoms with E-state index < -0.39 is 5.60 Å². The fourth-order valence-corrected chi connectivity index (χ4v) is 4.75. The van der Waals surface area contributed by atoms with Crippen molar-refractivity contribution >= 4 is 17.4 Å². The maximum Gasteiger partial charge on any atom is 0.274 e. The lowest BCUT2D eigenvalue weighted by atomic mass is 9.98. The molecule has 0 radical (unpaired) electrons. The first-order valence-corrected chi connectivity index (χ1v) is 13.3. The summed E-state index contributed by atoms with van der Waals surface area (Å²) >= 11 is 0. The monoisotopic (exact) mass is 550 g/mol. The highest BCUT2D eigenvalue weighted by molar-refractivity contribution is 6.03.